The van der Waals surface area contributed by atoms with E-state index in [0.29, 0.717) is 21.5 Å². The molecule has 0 unspecified atom stereocenters. The third-order valence-electron chi connectivity index (χ3n) is 7.26. The maximum atomic E-state index is 13.5. The Morgan fingerprint density at radius 3 is 2.71 bits per heavy atom. The van der Waals surface area contributed by atoms with Crippen LogP contribution >= 0.6 is 34.5 Å². The Morgan fingerprint density at radius 1 is 1.11 bits per heavy atom. The number of carbonyl (C=O) groups excluding carboxylic acids is 1. The van der Waals surface area contributed by atoms with Crippen molar-refractivity contribution >= 4 is 51.7 Å². The Balaban J connectivity index is 1.43. The normalized spacial score (nSPS) is 15.9. The number of thiophene rings is 1. The van der Waals surface area contributed by atoms with E-state index in [1.807, 2.05) is 24.3 Å². The third-order valence-corrected chi connectivity index (χ3v) is 9.04. The summed E-state index contributed by atoms with van der Waals surface area (Å²) in [6, 6.07) is 11.3. The van der Waals surface area contributed by atoms with Gasteiger partial charge in [-0.05, 0) is 68.4 Å². The van der Waals surface area contributed by atoms with Crippen LogP contribution in [0.1, 0.15) is 76.9 Å². The van der Waals surface area contributed by atoms with Gasteiger partial charge < -0.3 is 14.8 Å². The van der Waals surface area contributed by atoms with Crippen molar-refractivity contribution in [3.8, 4) is 11.5 Å². The topological polar surface area (TPSA) is 59.9 Å². The van der Waals surface area contributed by atoms with Crippen LogP contribution in [-0.2, 0) is 19.4 Å². The molecule has 2 aliphatic carbocycles. The average Bonchev–Trinajstić information content (AvgIpc) is 3.30. The quantitative estimate of drug-likeness (QED) is 0.277. The second-order valence-electron chi connectivity index (χ2n) is 9.86. The van der Waals surface area contributed by atoms with Crippen molar-refractivity contribution in [2.24, 2.45) is 4.99 Å². The zero-order valence-electron chi connectivity index (χ0n) is 21.5. The highest BCUT2D eigenvalue weighted by molar-refractivity contribution is 7.16. The molecule has 38 heavy (non-hydrogen) atoms. The Kier molecular flexibility index (Phi) is 8.93. The lowest BCUT2D eigenvalue weighted by molar-refractivity contribution is 0.0927. The van der Waals surface area contributed by atoms with E-state index in [2.05, 4.69) is 5.32 Å². The fourth-order valence-corrected chi connectivity index (χ4v) is 6.94. The zero-order chi connectivity index (χ0) is 26.5. The summed E-state index contributed by atoms with van der Waals surface area (Å²) in [5.74, 6) is 1.18. The molecule has 8 heteroatoms. The fraction of sp³-hybridized carbons (Fsp3) is 0.400. The molecule has 0 radical (unpaired) electrons. The summed E-state index contributed by atoms with van der Waals surface area (Å²) in [7, 11) is 1.61. The van der Waals surface area contributed by atoms with E-state index >= 15 is 0 Å². The van der Waals surface area contributed by atoms with E-state index in [9.17, 15) is 4.79 Å². The first-order valence-corrected chi connectivity index (χ1v) is 14.8. The number of fused-ring (bicyclic) bond motifs is 1. The minimum absolute atomic E-state index is 0.0166. The number of hydrogen-bond donors (Lipinski definition) is 1. The van der Waals surface area contributed by atoms with Crippen molar-refractivity contribution in [3.05, 3.63) is 73.6 Å². The maximum absolute atomic E-state index is 13.5. The van der Waals surface area contributed by atoms with Gasteiger partial charge in [-0.25, -0.2) is 4.99 Å². The Hall–Kier alpha value is -2.54. The highest BCUT2D eigenvalue weighted by Crippen LogP contribution is 2.40. The van der Waals surface area contributed by atoms with Gasteiger partial charge in [0.05, 0.1) is 12.7 Å². The first-order chi connectivity index (χ1) is 18.5. The number of aliphatic imine (C=N–C) groups is 1. The molecule has 0 atom stereocenters. The summed E-state index contributed by atoms with van der Waals surface area (Å²) in [5, 5.41) is 5.20. The Bertz CT molecular complexity index is 1330. The van der Waals surface area contributed by atoms with Crippen molar-refractivity contribution in [1.29, 1.82) is 0 Å². The number of para-hydroxylation sites is 1. The summed E-state index contributed by atoms with van der Waals surface area (Å²) >= 11 is 14.0. The van der Waals surface area contributed by atoms with Crippen LogP contribution in [0.25, 0.3) is 0 Å². The number of methoxy groups -OCH3 is 1. The van der Waals surface area contributed by atoms with Crippen LogP contribution in [-0.4, -0.2) is 25.3 Å². The van der Waals surface area contributed by atoms with Gasteiger partial charge in [0.25, 0.3) is 5.91 Å². The third kappa shape index (κ3) is 6.19. The molecule has 2 aliphatic rings. The second kappa shape index (κ2) is 12.5. The number of nitrogens with one attached hydrogen (secondary N) is 1. The number of ether oxygens (including phenoxy) is 2. The highest BCUT2D eigenvalue weighted by atomic mass is 35.5. The monoisotopic (exact) mass is 570 g/mol. The maximum Gasteiger partial charge on any atom is 0.254 e. The Labute approximate surface area is 238 Å². The van der Waals surface area contributed by atoms with E-state index in [0.717, 1.165) is 60.2 Å². The molecule has 1 saturated carbocycles. The van der Waals surface area contributed by atoms with Gasteiger partial charge in [-0.2, -0.15) is 0 Å². The van der Waals surface area contributed by atoms with Gasteiger partial charge in [0.2, 0.25) is 0 Å². The molecule has 0 bridgehead atoms. The van der Waals surface area contributed by atoms with Gasteiger partial charge in [-0.15, -0.1) is 11.3 Å². The van der Waals surface area contributed by atoms with Gasteiger partial charge in [0.15, 0.2) is 11.5 Å². The predicted molar refractivity (Wildman–Crippen MR) is 156 cm³/mol. The molecule has 2 aromatic carbocycles. The first kappa shape index (κ1) is 27.0. The molecule has 200 valence electrons. The molecule has 0 saturated heterocycles. The number of rotatable bonds is 8. The molecule has 3 aromatic rings. The number of hydrogen-bond acceptors (Lipinski definition) is 5. The molecular formula is C30H32Cl2N2O3S. The van der Waals surface area contributed by atoms with Crippen molar-refractivity contribution < 1.29 is 14.3 Å². The lowest BCUT2D eigenvalue weighted by Gasteiger charge is -2.23. The van der Waals surface area contributed by atoms with E-state index in [1.165, 1.54) is 29.7 Å². The summed E-state index contributed by atoms with van der Waals surface area (Å²) in [4.78, 5) is 19.7. The van der Waals surface area contributed by atoms with Gasteiger partial charge in [0.1, 0.15) is 11.6 Å². The Morgan fingerprint density at radius 2 is 1.92 bits per heavy atom. The molecule has 0 aliphatic heterocycles. The van der Waals surface area contributed by atoms with E-state index in [4.69, 9.17) is 37.7 Å². The van der Waals surface area contributed by atoms with E-state index < -0.39 is 0 Å². The number of benzene rings is 2. The molecular weight excluding hydrogens is 539 g/mol. The van der Waals surface area contributed by atoms with E-state index in [-0.39, 0.29) is 18.6 Å². The molecule has 5 nitrogen and oxygen atoms in total. The number of halogens is 2. The van der Waals surface area contributed by atoms with Crippen LogP contribution in [0.15, 0.2) is 41.4 Å². The van der Waals surface area contributed by atoms with Gasteiger partial charge in [-0.3, -0.25) is 4.79 Å². The molecule has 1 N–H and O–H groups in total. The van der Waals surface area contributed by atoms with Gasteiger partial charge in [-0.1, -0.05) is 54.6 Å². The molecule has 1 heterocycles. The number of carbonyl (C=O) groups is 1. The second-order valence-corrected chi connectivity index (χ2v) is 11.8. The minimum Gasteiger partial charge on any atom is -0.493 e. The largest absolute Gasteiger partial charge is 0.493 e. The average molecular weight is 572 g/mol. The standard InChI is InChI=1S/C30H32Cl2N2O3S/c1-36-25-12-7-8-19(28(25)37-18-20-14-15-21(31)16-24(20)32)17-33-30-27(23-11-5-6-13-26(23)38-30)29(35)34-22-9-3-2-4-10-22/h7-8,12,14-17,22H,2-6,9-11,13,18H2,1H3,(H,34,35). The molecule has 1 fully saturated rings. The minimum atomic E-state index is 0.0166. The zero-order valence-corrected chi connectivity index (χ0v) is 23.9. The van der Waals surface area contributed by atoms with Crippen molar-refractivity contribution in [1.82, 2.24) is 5.32 Å². The molecule has 1 aromatic heterocycles. The smallest absolute Gasteiger partial charge is 0.254 e. The number of amides is 1. The summed E-state index contributed by atoms with van der Waals surface area (Å²) in [6.07, 6.45) is 11.7. The number of aryl methyl sites for hydroxylation is 1. The van der Waals surface area contributed by atoms with Crippen LogP contribution in [0.4, 0.5) is 5.00 Å². The summed E-state index contributed by atoms with van der Waals surface area (Å²) in [6.45, 7) is 0.250. The van der Waals surface area contributed by atoms with Crippen LogP contribution in [0.3, 0.4) is 0 Å². The number of nitrogens with zero attached hydrogens (tertiary/aromatic N) is 1. The van der Waals surface area contributed by atoms with Crippen LogP contribution in [0.5, 0.6) is 11.5 Å². The molecule has 1 amide bonds. The van der Waals surface area contributed by atoms with Gasteiger partial charge >= 0.3 is 0 Å². The highest BCUT2D eigenvalue weighted by Gasteiger charge is 2.27. The van der Waals surface area contributed by atoms with Crippen molar-refractivity contribution in [2.45, 2.75) is 70.4 Å². The molecule has 0 spiro atoms. The first-order valence-electron chi connectivity index (χ1n) is 13.3. The lowest BCUT2D eigenvalue weighted by Crippen LogP contribution is -2.36. The van der Waals surface area contributed by atoms with Gasteiger partial charge in [0, 0.05) is 38.3 Å². The SMILES string of the molecule is COc1cccc(C=Nc2sc3c(c2C(=O)NC2CCCCC2)CCCC3)c1OCc1ccc(Cl)cc1Cl. The predicted octanol–water partition coefficient (Wildman–Crippen LogP) is 8.33. The summed E-state index contributed by atoms with van der Waals surface area (Å²) < 4.78 is 11.8. The summed E-state index contributed by atoms with van der Waals surface area (Å²) in [5.41, 5.74) is 3.52. The van der Waals surface area contributed by atoms with Crippen molar-refractivity contribution in [2.75, 3.05) is 7.11 Å². The van der Waals surface area contributed by atoms with Crippen LogP contribution in [0.2, 0.25) is 10.0 Å². The van der Waals surface area contributed by atoms with Crippen LogP contribution in [0, 0.1) is 0 Å². The van der Waals surface area contributed by atoms with E-state index in [1.54, 1.807) is 36.8 Å². The fourth-order valence-electron chi connectivity index (χ4n) is 5.25. The van der Waals surface area contributed by atoms with Crippen molar-refractivity contribution in [3.63, 3.8) is 0 Å². The lowest BCUT2D eigenvalue weighted by atomic mass is 9.93. The van der Waals surface area contributed by atoms with Crippen LogP contribution < -0.4 is 14.8 Å². The molecule has 5 rings (SSSR count).